The summed E-state index contributed by atoms with van der Waals surface area (Å²) in [5.41, 5.74) is 0. The number of nitrogens with one attached hydrogen (secondary N) is 1. The van der Waals surface area contributed by atoms with Gasteiger partial charge in [0.15, 0.2) is 0 Å². The van der Waals surface area contributed by atoms with Gasteiger partial charge in [0.1, 0.15) is 6.42 Å². The Kier molecular flexibility index (Phi) is 3.09. The zero-order valence-electron chi connectivity index (χ0n) is 7.34. The van der Waals surface area contributed by atoms with Crippen LogP contribution in [0.2, 0.25) is 0 Å². The molecule has 1 rings (SSSR count). The molecule has 0 aromatic carbocycles. The highest BCUT2D eigenvalue weighted by Crippen LogP contribution is 2.29. The number of rotatable bonds is 3. The molecular formula is C9H14N2O. The van der Waals surface area contributed by atoms with Gasteiger partial charge >= 0.3 is 0 Å². The molecule has 0 unspecified atom stereocenters. The van der Waals surface area contributed by atoms with E-state index in [-0.39, 0.29) is 18.4 Å². The second-order valence-electron chi connectivity index (χ2n) is 3.38. The number of carbonyl (C=O) groups is 1. The first kappa shape index (κ1) is 9.05. The fourth-order valence-electron chi connectivity index (χ4n) is 1.43. The van der Waals surface area contributed by atoms with Gasteiger partial charge in [-0.15, -0.1) is 0 Å². The van der Waals surface area contributed by atoms with Crippen molar-refractivity contribution < 1.29 is 4.79 Å². The van der Waals surface area contributed by atoms with Crippen molar-refractivity contribution in [2.24, 2.45) is 5.92 Å². The average molecular weight is 166 g/mol. The molecule has 3 heteroatoms. The fourth-order valence-corrected chi connectivity index (χ4v) is 1.43. The van der Waals surface area contributed by atoms with Gasteiger partial charge < -0.3 is 5.32 Å². The molecule has 1 N–H and O–H groups in total. The lowest BCUT2D eigenvalue weighted by Crippen LogP contribution is -2.40. The molecular weight excluding hydrogens is 152 g/mol. The maximum atomic E-state index is 11.0. The zero-order valence-corrected chi connectivity index (χ0v) is 7.34. The average Bonchev–Trinajstić information content (AvgIpc) is 1.82. The summed E-state index contributed by atoms with van der Waals surface area (Å²) in [5.74, 6) is 0.504. The second-order valence-corrected chi connectivity index (χ2v) is 3.38. The highest BCUT2D eigenvalue weighted by molar-refractivity contribution is 5.78. The first-order valence-electron chi connectivity index (χ1n) is 4.40. The predicted octanol–water partition coefficient (Wildman–Crippen LogP) is 1.20. The molecule has 0 spiro atoms. The lowest BCUT2D eigenvalue weighted by Gasteiger charge is -2.31. The van der Waals surface area contributed by atoms with Gasteiger partial charge in [0.2, 0.25) is 5.91 Å². The highest BCUT2D eigenvalue weighted by Gasteiger charge is 2.24. The van der Waals surface area contributed by atoms with Crippen LogP contribution < -0.4 is 5.32 Å². The number of nitriles is 1. The van der Waals surface area contributed by atoms with E-state index in [1.54, 1.807) is 0 Å². The Morgan fingerprint density at radius 3 is 2.83 bits per heavy atom. The third-order valence-electron chi connectivity index (χ3n) is 2.49. The number of hydrogen-bond donors (Lipinski definition) is 1. The molecule has 0 aromatic heterocycles. The molecule has 0 aliphatic heterocycles. The molecule has 12 heavy (non-hydrogen) atoms. The van der Waals surface area contributed by atoms with Gasteiger partial charge in [-0.05, 0) is 25.7 Å². The number of carbonyl (C=O) groups excluding carboxylic acids is 1. The van der Waals surface area contributed by atoms with E-state index < -0.39 is 0 Å². The quantitative estimate of drug-likeness (QED) is 0.685. The van der Waals surface area contributed by atoms with Gasteiger partial charge in [-0.1, -0.05) is 6.42 Å². The van der Waals surface area contributed by atoms with Crippen molar-refractivity contribution in [3.8, 4) is 6.07 Å². The summed E-state index contributed by atoms with van der Waals surface area (Å²) in [4.78, 5) is 11.0. The molecule has 1 saturated carbocycles. The minimum Gasteiger partial charge on any atom is -0.352 e. The van der Waals surface area contributed by atoms with Crippen LogP contribution in [-0.2, 0) is 4.79 Å². The summed E-state index contributed by atoms with van der Waals surface area (Å²) >= 11 is 0. The van der Waals surface area contributed by atoms with Crippen molar-refractivity contribution in [2.45, 2.75) is 38.6 Å². The Balaban J connectivity index is 2.21. The van der Waals surface area contributed by atoms with E-state index in [1.807, 2.05) is 13.0 Å². The molecule has 1 aliphatic carbocycles. The standard InChI is InChI=1S/C9H14N2O/c1-7(8-3-2-4-8)11-9(12)5-6-10/h7-8H,2-5H2,1H3,(H,11,12)/t7-/m1/s1. The molecule has 1 fully saturated rings. The monoisotopic (exact) mass is 166 g/mol. The first-order valence-corrected chi connectivity index (χ1v) is 4.40. The van der Waals surface area contributed by atoms with Gasteiger partial charge in [-0.25, -0.2) is 0 Å². The topological polar surface area (TPSA) is 52.9 Å². The lowest BCUT2D eigenvalue weighted by atomic mass is 9.80. The molecule has 66 valence electrons. The Bertz CT molecular complexity index is 203. The van der Waals surface area contributed by atoms with E-state index in [0.29, 0.717) is 5.92 Å². The molecule has 1 amide bonds. The summed E-state index contributed by atoms with van der Waals surface area (Å²) in [6, 6.07) is 2.09. The van der Waals surface area contributed by atoms with Crippen molar-refractivity contribution in [2.75, 3.05) is 0 Å². The normalized spacial score (nSPS) is 19.0. The van der Waals surface area contributed by atoms with Crippen LogP contribution in [0.15, 0.2) is 0 Å². The summed E-state index contributed by atoms with van der Waals surface area (Å²) in [7, 11) is 0. The van der Waals surface area contributed by atoms with Crippen molar-refractivity contribution in [3.05, 3.63) is 0 Å². The van der Waals surface area contributed by atoms with Gasteiger partial charge in [0, 0.05) is 6.04 Å². The van der Waals surface area contributed by atoms with E-state index in [4.69, 9.17) is 5.26 Å². The van der Waals surface area contributed by atoms with E-state index in [9.17, 15) is 4.79 Å². The maximum absolute atomic E-state index is 11.0. The van der Waals surface area contributed by atoms with Crippen LogP contribution in [0.3, 0.4) is 0 Å². The van der Waals surface area contributed by atoms with Crippen molar-refractivity contribution >= 4 is 5.91 Å². The molecule has 0 saturated heterocycles. The van der Waals surface area contributed by atoms with Crippen LogP contribution in [0.5, 0.6) is 0 Å². The van der Waals surface area contributed by atoms with Crippen LogP contribution in [0, 0.1) is 17.2 Å². The Morgan fingerprint density at radius 1 is 1.75 bits per heavy atom. The van der Waals surface area contributed by atoms with Crippen LogP contribution in [0.25, 0.3) is 0 Å². The predicted molar refractivity (Wildman–Crippen MR) is 45.2 cm³/mol. The summed E-state index contributed by atoms with van der Waals surface area (Å²) < 4.78 is 0. The first-order chi connectivity index (χ1) is 5.74. The van der Waals surface area contributed by atoms with E-state index in [2.05, 4.69) is 5.32 Å². The Hall–Kier alpha value is -1.04. The number of nitrogens with zero attached hydrogens (tertiary/aromatic N) is 1. The minimum atomic E-state index is -0.142. The molecule has 0 heterocycles. The Morgan fingerprint density at radius 2 is 2.42 bits per heavy atom. The number of amides is 1. The summed E-state index contributed by atoms with van der Waals surface area (Å²) in [6.45, 7) is 2.01. The van der Waals surface area contributed by atoms with E-state index >= 15 is 0 Å². The third kappa shape index (κ3) is 2.23. The van der Waals surface area contributed by atoms with Crippen LogP contribution >= 0.6 is 0 Å². The van der Waals surface area contributed by atoms with Crippen molar-refractivity contribution in [1.82, 2.24) is 5.32 Å². The van der Waals surface area contributed by atoms with Crippen molar-refractivity contribution in [1.29, 1.82) is 5.26 Å². The zero-order chi connectivity index (χ0) is 8.97. The molecule has 3 nitrogen and oxygen atoms in total. The molecule has 1 aliphatic rings. The molecule has 0 aromatic rings. The molecule has 0 radical (unpaired) electrons. The van der Waals surface area contributed by atoms with E-state index in [1.165, 1.54) is 19.3 Å². The van der Waals surface area contributed by atoms with Gasteiger partial charge in [-0.3, -0.25) is 4.79 Å². The second kappa shape index (κ2) is 4.10. The minimum absolute atomic E-state index is 0.0168. The third-order valence-corrected chi connectivity index (χ3v) is 2.49. The lowest BCUT2D eigenvalue weighted by molar-refractivity contribution is -0.121. The smallest absolute Gasteiger partial charge is 0.234 e. The van der Waals surface area contributed by atoms with Crippen LogP contribution in [0.1, 0.15) is 32.6 Å². The van der Waals surface area contributed by atoms with Gasteiger partial charge in [-0.2, -0.15) is 5.26 Å². The number of hydrogen-bond acceptors (Lipinski definition) is 2. The summed E-state index contributed by atoms with van der Waals surface area (Å²) in [6.07, 6.45) is 3.70. The molecule has 1 atom stereocenters. The van der Waals surface area contributed by atoms with Crippen molar-refractivity contribution in [3.63, 3.8) is 0 Å². The SMILES string of the molecule is C[C@@H](NC(=O)CC#N)C1CCC1. The van der Waals surface area contributed by atoms with Gasteiger partial charge in [0.25, 0.3) is 0 Å². The maximum Gasteiger partial charge on any atom is 0.234 e. The highest BCUT2D eigenvalue weighted by atomic mass is 16.1. The van der Waals surface area contributed by atoms with Crippen LogP contribution in [-0.4, -0.2) is 11.9 Å². The largest absolute Gasteiger partial charge is 0.352 e. The summed E-state index contributed by atoms with van der Waals surface area (Å²) in [5, 5.41) is 11.1. The van der Waals surface area contributed by atoms with Crippen LogP contribution in [0.4, 0.5) is 0 Å². The fraction of sp³-hybridized carbons (Fsp3) is 0.778. The van der Waals surface area contributed by atoms with Gasteiger partial charge in [0.05, 0.1) is 6.07 Å². The molecule has 0 bridgehead atoms. The van der Waals surface area contributed by atoms with E-state index in [0.717, 1.165) is 0 Å². The Labute approximate surface area is 72.8 Å².